The fourth-order valence-electron chi connectivity index (χ4n) is 1.82. The highest BCUT2D eigenvalue weighted by Gasteiger charge is 2.26. The van der Waals surface area contributed by atoms with Gasteiger partial charge in [-0.3, -0.25) is 9.69 Å². The van der Waals surface area contributed by atoms with E-state index in [1.807, 2.05) is 30.5 Å². The molecule has 1 aromatic rings. The number of benzene rings is 1. The molecule has 0 saturated heterocycles. The van der Waals surface area contributed by atoms with Crippen LogP contribution < -0.4 is 0 Å². The molecular weight excluding hydrogens is 250 g/mol. The molecule has 0 radical (unpaired) electrons. The molecule has 1 unspecified atom stereocenters. The fourth-order valence-corrected chi connectivity index (χ4v) is 2.45. The van der Waals surface area contributed by atoms with E-state index >= 15 is 0 Å². The summed E-state index contributed by atoms with van der Waals surface area (Å²) in [5.41, 5.74) is 0.830. The fraction of sp³-hybridized carbons (Fsp3) is 0.462. The second kappa shape index (κ2) is 7.41. The van der Waals surface area contributed by atoms with Crippen molar-refractivity contribution in [2.24, 2.45) is 0 Å². The summed E-state index contributed by atoms with van der Waals surface area (Å²) >= 11 is 1.56. The topological polar surface area (TPSA) is 49.8 Å². The predicted octanol–water partition coefficient (Wildman–Crippen LogP) is 2.11. The zero-order valence-electron chi connectivity index (χ0n) is 10.9. The zero-order chi connectivity index (χ0) is 13.5. The summed E-state index contributed by atoms with van der Waals surface area (Å²) < 4.78 is 5.00. The summed E-state index contributed by atoms with van der Waals surface area (Å²) in [4.78, 5) is 14.3. The van der Waals surface area contributed by atoms with E-state index < -0.39 is 12.0 Å². The number of nitrogens with zero attached hydrogens (tertiary/aromatic N) is 1. The van der Waals surface area contributed by atoms with Gasteiger partial charge in [0.05, 0.1) is 6.61 Å². The second-order valence-corrected chi connectivity index (χ2v) is 4.80. The molecule has 4 nitrogen and oxygen atoms in total. The van der Waals surface area contributed by atoms with Crippen molar-refractivity contribution in [3.8, 4) is 0 Å². The number of hydrogen-bond donors (Lipinski definition) is 1. The van der Waals surface area contributed by atoms with Crippen LogP contribution in [0.2, 0.25) is 0 Å². The third-order valence-electron chi connectivity index (χ3n) is 2.76. The van der Waals surface area contributed by atoms with Crippen molar-refractivity contribution >= 4 is 17.7 Å². The Hall–Kier alpha value is -1.04. The largest absolute Gasteiger partial charge is 0.480 e. The van der Waals surface area contributed by atoms with Gasteiger partial charge in [0.2, 0.25) is 0 Å². The minimum absolute atomic E-state index is 0.516. The van der Waals surface area contributed by atoms with E-state index in [2.05, 4.69) is 0 Å². The molecule has 18 heavy (non-hydrogen) atoms. The van der Waals surface area contributed by atoms with Crippen LogP contribution in [0.1, 0.15) is 11.6 Å². The quantitative estimate of drug-likeness (QED) is 0.768. The van der Waals surface area contributed by atoms with E-state index in [1.165, 1.54) is 0 Å². The van der Waals surface area contributed by atoms with Crippen LogP contribution in [-0.4, -0.2) is 49.5 Å². The molecule has 1 rings (SSSR count). The van der Waals surface area contributed by atoms with Crippen molar-refractivity contribution in [1.29, 1.82) is 0 Å². The molecule has 0 saturated carbocycles. The van der Waals surface area contributed by atoms with Crippen LogP contribution in [0.5, 0.6) is 0 Å². The summed E-state index contributed by atoms with van der Waals surface area (Å²) in [6, 6.07) is 6.97. The maximum absolute atomic E-state index is 11.5. The van der Waals surface area contributed by atoms with Crippen molar-refractivity contribution in [2.75, 3.05) is 33.6 Å². The number of hydrogen-bond acceptors (Lipinski definition) is 4. The van der Waals surface area contributed by atoms with Gasteiger partial charge in [0, 0.05) is 18.6 Å². The van der Waals surface area contributed by atoms with E-state index in [-0.39, 0.29) is 0 Å². The summed E-state index contributed by atoms with van der Waals surface area (Å²) in [7, 11) is 3.41. The van der Waals surface area contributed by atoms with Gasteiger partial charge in [-0.2, -0.15) is 0 Å². The standard InChI is InChI=1S/C13H19NO3S/c1-14(8-9-17-2)12(13(15)16)10-6-4-5-7-11(10)18-3/h4-7,12H,8-9H2,1-3H3,(H,15,16). The van der Waals surface area contributed by atoms with Crippen molar-refractivity contribution in [1.82, 2.24) is 4.90 Å². The smallest absolute Gasteiger partial charge is 0.325 e. The van der Waals surface area contributed by atoms with E-state index in [9.17, 15) is 9.90 Å². The van der Waals surface area contributed by atoms with Gasteiger partial charge in [0.15, 0.2) is 0 Å². The second-order valence-electron chi connectivity index (χ2n) is 3.96. The molecule has 0 fully saturated rings. The molecule has 0 bridgehead atoms. The van der Waals surface area contributed by atoms with Crippen LogP contribution in [-0.2, 0) is 9.53 Å². The molecule has 0 spiro atoms. The Bertz CT molecular complexity index is 398. The van der Waals surface area contributed by atoms with E-state index in [0.717, 1.165) is 10.5 Å². The van der Waals surface area contributed by atoms with Crippen LogP contribution in [0.25, 0.3) is 0 Å². The lowest BCUT2D eigenvalue weighted by molar-refractivity contribution is -0.143. The summed E-state index contributed by atoms with van der Waals surface area (Å²) in [6.07, 6.45) is 1.95. The Balaban J connectivity index is 3.00. The van der Waals surface area contributed by atoms with Crippen LogP contribution in [0.4, 0.5) is 0 Å². The Kier molecular flexibility index (Phi) is 6.18. The van der Waals surface area contributed by atoms with Gasteiger partial charge in [-0.1, -0.05) is 18.2 Å². The monoisotopic (exact) mass is 269 g/mol. The number of thioether (sulfide) groups is 1. The number of carboxylic acid groups (broad SMARTS) is 1. The third-order valence-corrected chi connectivity index (χ3v) is 3.57. The van der Waals surface area contributed by atoms with Gasteiger partial charge in [-0.05, 0) is 24.9 Å². The number of rotatable bonds is 7. The highest BCUT2D eigenvalue weighted by Crippen LogP contribution is 2.29. The van der Waals surface area contributed by atoms with Crippen molar-refractivity contribution in [3.05, 3.63) is 29.8 Å². The maximum Gasteiger partial charge on any atom is 0.325 e. The highest BCUT2D eigenvalue weighted by molar-refractivity contribution is 7.98. The number of carbonyl (C=O) groups is 1. The van der Waals surface area contributed by atoms with Crippen LogP contribution in [0.3, 0.4) is 0 Å². The number of ether oxygens (including phenoxy) is 1. The minimum Gasteiger partial charge on any atom is -0.480 e. The number of methoxy groups -OCH3 is 1. The summed E-state index contributed by atoms with van der Waals surface area (Å²) in [6.45, 7) is 1.10. The van der Waals surface area contributed by atoms with Crippen LogP contribution in [0, 0.1) is 0 Å². The lowest BCUT2D eigenvalue weighted by Crippen LogP contribution is -2.33. The molecule has 1 atom stereocenters. The van der Waals surface area contributed by atoms with Gasteiger partial charge in [0.1, 0.15) is 6.04 Å². The molecule has 0 heterocycles. The van der Waals surface area contributed by atoms with Gasteiger partial charge in [-0.15, -0.1) is 11.8 Å². The number of carboxylic acids is 1. The molecule has 0 amide bonds. The first-order chi connectivity index (χ1) is 8.61. The third kappa shape index (κ3) is 3.73. The van der Waals surface area contributed by atoms with Crippen molar-refractivity contribution < 1.29 is 14.6 Å². The molecule has 0 aliphatic carbocycles. The lowest BCUT2D eigenvalue weighted by Gasteiger charge is -2.26. The Labute approximate surface area is 112 Å². The molecule has 1 N–H and O–H groups in total. The minimum atomic E-state index is -0.838. The zero-order valence-corrected chi connectivity index (χ0v) is 11.7. The SMILES string of the molecule is COCCN(C)C(C(=O)O)c1ccccc1SC. The predicted molar refractivity (Wildman–Crippen MR) is 73.1 cm³/mol. The Morgan fingerprint density at radius 1 is 1.50 bits per heavy atom. The lowest BCUT2D eigenvalue weighted by atomic mass is 10.1. The molecule has 1 aromatic carbocycles. The first kappa shape index (κ1) is 15.0. The molecule has 0 aromatic heterocycles. The Morgan fingerprint density at radius 3 is 2.72 bits per heavy atom. The first-order valence-electron chi connectivity index (χ1n) is 5.66. The molecule has 100 valence electrons. The summed E-state index contributed by atoms with van der Waals surface area (Å²) in [5.74, 6) is -0.838. The summed E-state index contributed by atoms with van der Waals surface area (Å²) in [5, 5.41) is 9.42. The highest BCUT2D eigenvalue weighted by atomic mass is 32.2. The van der Waals surface area contributed by atoms with Gasteiger partial charge in [-0.25, -0.2) is 0 Å². The normalized spacial score (nSPS) is 12.7. The maximum atomic E-state index is 11.5. The van der Waals surface area contributed by atoms with Gasteiger partial charge >= 0.3 is 5.97 Å². The van der Waals surface area contributed by atoms with Crippen molar-refractivity contribution in [2.45, 2.75) is 10.9 Å². The van der Waals surface area contributed by atoms with Crippen LogP contribution in [0.15, 0.2) is 29.2 Å². The van der Waals surface area contributed by atoms with E-state index in [1.54, 1.807) is 30.8 Å². The molecule has 0 aliphatic rings. The average molecular weight is 269 g/mol. The van der Waals surface area contributed by atoms with E-state index in [0.29, 0.717) is 13.2 Å². The molecular formula is C13H19NO3S. The van der Waals surface area contributed by atoms with Gasteiger partial charge in [0.25, 0.3) is 0 Å². The van der Waals surface area contributed by atoms with Crippen LogP contribution >= 0.6 is 11.8 Å². The van der Waals surface area contributed by atoms with Crippen molar-refractivity contribution in [3.63, 3.8) is 0 Å². The number of aliphatic carboxylic acids is 1. The average Bonchev–Trinajstić information content (AvgIpc) is 2.36. The van der Waals surface area contributed by atoms with E-state index in [4.69, 9.17) is 4.74 Å². The Morgan fingerprint density at radius 2 is 2.17 bits per heavy atom. The first-order valence-corrected chi connectivity index (χ1v) is 6.89. The molecule has 0 aliphatic heterocycles. The number of likely N-dealkylation sites (N-methyl/N-ethyl adjacent to an activating group) is 1. The molecule has 5 heteroatoms. The van der Waals surface area contributed by atoms with Gasteiger partial charge < -0.3 is 9.84 Å².